The average Bonchev–Trinajstić information content (AvgIpc) is 2.89. The van der Waals surface area contributed by atoms with Crippen molar-refractivity contribution in [2.75, 3.05) is 0 Å². The van der Waals surface area contributed by atoms with Gasteiger partial charge in [0.25, 0.3) is 0 Å². The molecule has 20 heavy (non-hydrogen) atoms. The largest absolute Gasteiger partial charge is 0.464 e. The van der Waals surface area contributed by atoms with Gasteiger partial charge >= 0.3 is 0 Å². The van der Waals surface area contributed by atoms with Crippen LogP contribution in [0.4, 0.5) is 4.39 Å². The lowest BCUT2D eigenvalue weighted by Gasteiger charge is -1.95. The summed E-state index contributed by atoms with van der Waals surface area (Å²) in [4.78, 5) is 11.9. The Labute approximate surface area is 115 Å². The molecule has 1 aromatic heterocycles. The molecule has 1 heterocycles. The number of fused-ring (bicyclic) bond motifs is 1. The highest BCUT2D eigenvalue weighted by Gasteiger charge is 2.04. The SMILES string of the molecule is O=C(/C=C/c1occ2ccccc12)c1ccc(F)cc1. The van der Waals surface area contributed by atoms with Crippen molar-refractivity contribution in [2.24, 2.45) is 0 Å². The summed E-state index contributed by atoms with van der Waals surface area (Å²) >= 11 is 0. The Balaban J connectivity index is 1.87. The Hall–Kier alpha value is -2.68. The summed E-state index contributed by atoms with van der Waals surface area (Å²) in [5, 5.41) is 1.94. The number of hydrogen-bond acceptors (Lipinski definition) is 2. The molecule has 3 aromatic rings. The van der Waals surface area contributed by atoms with Crippen molar-refractivity contribution in [3.05, 3.63) is 78.0 Å². The Morgan fingerprint density at radius 3 is 2.60 bits per heavy atom. The molecule has 2 nitrogen and oxygen atoms in total. The van der Waals surface area contributed by atoms with E-state index in [1.54, 1.807) is 12.3 Å². The van der Waals surface area contributed by atoms with E-state index in [0.29, 0.717) is 11.3 Å². The van der Waals surface area contributed by atoms with Crippen molar-refractivity contribution in [2.45, 2.75) is 0 Å². The lowest BCUT2D eigenvalue weighted by atomic mass is 10.1. The van der Waals surface area contributed by atoms with E-state index >= 15 is 0 Å². The number of benzene rings is 2. The molecule has 0 unspecified atom stereocenters. The number of ketones is 1. The minimum absolute atomic E-state index is 0.189. The molecule has 0 N–H and O–H groups in total. The van der Waals surface area contributed by atoms with Crippen LogP contribution in [-0.2, 0) is 0 Å². The van der Waals surface area contributed by atoms with Gasteiger partial charge < -0.3 is 4.42 Å². The molecule has 0 saturated heterocycles. The second kappa shape index (κ2) is 5.13. The molecule has 0 atom stereocenters. The number of rotatable bonds is 3. The maximum atomic E-state index is 12.8. The summed E-state index contributed by atoms with van der Waals surface area (Å²) < 4.78 is 18.2. The number of carbonyl (C=O) groups is 1. The van der Waals surface area contributed by atoms with Crippen LogP contribution in [0.15, 0.2) is 65.3 Å². The smallest absolute Gasteiger partial charge is 0.185 e. The van der Waals surface area contributed by atoms with Gasteiger partial charge in [0.1, 0.15) is 11.6 Å². The zero-order valence-electron chi connectivity index (χ0n) is 10.5. The van der Waals surface area contributed by atoms with Crippen LogP contribution in [-0.4, -0.2) is 5.78 Å². The monoisotopic (exact) mass is 266 g/mol. The third-order valence-corrected chi connectivity index (χ3v) is 3.05. The number of allylic oxidation sites excluding steroid dienone is 1. The average molecular weight is 266 g/mol. The van der Waals surface area contributed by atoms with Crippen LogP contribution >= 0.6 is 0 Å². The van der Waals surface area contributed by atoms with Gasteiger partial charge in [-0.05, 0) is 36.4 Å². The molecule has 0 spiro atoms. The van der Waals surface area contributed by atoms with Gasteiger partial charge in [0.15, 0.2) is 5.78 Å². The molecule has 3 heteroatoms. The van der Waals surface area contributed by atoms with Crippen molar-refractivity contribution in [1.29, 1.82) is 0 Å². The fourth-order valence-electron chi connectivity index (χ4n) is 2.01. The van der Waals surface area contributed by atoms with Gasteiger partial charge in [0, 0.05) is 16.3 Å². The predicted molar refractivity (Wildman–Crippen MR) is 76.0 cm³/mol. The van der Waals surface area contributed by atoms with E-state index in [1.165, 1.54) is 30.3 Å². The molecule has 3 rings (SSSR count). The zero-order chi connectivity index (χ0) is 13.9. The standard InChI is InChI=1S/C17H11FO2/c18-14-7-5-12(6-8-14)16(19)9-10-17-15-4-2-1-3-13(15)11-20-17/h1-11H/b10-9+. The van der Waals surface area contributed by atoms with Gasteiger partial charge in [-0.2, -0.15) is 0 Å². The lowest BCUT2D eigenvalue weighted by Crippen LogP contribution is -1.93. The summed E-state index contributed by atoms with van der Waals surface area (Å²) in [6, 6.07) is 13.2. The lowest BCUT2D eigenvalue weighted by molar-refractivity contribution is 0.104. The first kappa shape index (κ1) is 12.4. The van der Waals surface area contributed by atoms with Crippen LogP contribution in [0.5, 0.6) is 0 Å². The molecule has 0 radical (unpaired) electrons. The fourth-order valence-corrected chi connectivity index (χ4v) is 2.01. The highest BCUT2D eigenvalue weighted by Crippen LogP contribution is 2.21. The van der Waals surface area contributed by atoms with Crippen LogP contribution in [0, 0.1) is 5.82 Å². The van der Waals surface area contributed by atoms with E-state index in [0.717, 1.165) is 10.8 Å². The second-order valence-corrected chi connectivity index (χ2v) is 4.39. The van der Waals surface area contributed by atoms with Gasteiger partial charge in [0.05, 0.1) is 6.26 Å². The predicted octanol–water partition coefficient (Wildman–Crippen LogP) is 4.47. The van der Waals surface area contributed by atoms with Crippen molar-refractivity contribution >= 4 is 22.6 Å². The van der Waals surface area contributed by atoms with E-state index in [-0.39, 0.29) is 11.6 Å². The maximum absolute atomic E-state index is 12.8. The van der Waals surface area contributed by atoms with E-state index in [4.69, 9.17) is 4.42 Å². The first-order chi connectivity index (χ1) is 9.74. The molecule has 0 aliphatic rings. The van der Waals surface area contributed by atoms with Gasteiger partial charge in [-0.25, -0.2) is 4.39 Å². The van der Waals surface area contributed by atoms with Crippen LogP contribution in [0.2, 0.25) is 0 Å². The minimum Gasteiger partial charge on any atom is -0.464 e. The van der Waals surface area contributed by atoms with Gasteiger partial charge in [-0.3, -0.25) is 4.79 Å². The van der Waals surface area contributed by atoms with Crippen molar-refractivity contribution in [3.8, 4) is 0 Å². The molecule has 0 aliphatic heterocycles. The molecule has 0 bridgehead atoms. The van der Waals surface area contributed by atoms with Crippen LogP contribution in [0.1, 0.15) is 16.1 Å². The molecule has 98 valence electrons. The molecule has 0 amide bonds. The Bertz CT molecular complexity index is 782. The summed E-state index contributed by atoms with van der Waals surface area (Å²) in [6.45, 7) is 0. The summed E-state index contributed by atoms with van der Waals surface area (Å²) in [7, 11) is 0. The van der Waals surface area contributed by atoms with Gasteiger partial charge in [-0.1, -0.05) is 24.3 Å². The number of halogens is 1. The van der Waals surface area contributed by atoms with E-state index in [2.05, 4.69) is 0 Å². The number of furan rings is 1. The third kappa shape index (κ3) is 2.38. The fraction of sp³-hybridized carbons (Fsp3) is 0. The van der Waals surface area contributed by atoms with Crippen molar-refractivity contribution < 1.29 is 13.6 Å². The quantitative estimate of drug-likeness (QED) is 0.517. The number of hydrogen-bond donors (Lipinski definition) is 0. The van der Waals surface area contributed by atoms with Crippen LogP contribution in [0.25, 0.3) is 16.8 Å². The van der Waals surface area contributed by atoms with Crippen molar-refractivity contribution in [1.82, 2.24) is 0 Å². The molecular formula is C17H11FO2. The Morgan fingerprint density at radius 2 is 1.80 bits per heavy atom. The van der Waals surface area contributed by atoms with Crippen molar-refractivity contribution in [3.63, 3.8) is 0 Å². The van der Waals surface area contributed by atoms with Crippen LogP contribution in [0.3, 0.4) is 0 Å². The highest BCUT2D eigenvalue weighted by molar-refractivity contribution is 6.07. The van der Waals surface area contributed by atoms with E-state index in [1.807, 2.05) is 24.3 Å². The molecular weight excluding hydrogens is 255 g/mol. The maximum Gasteiger partial charge on any atom is 0.185 e. The van der Waals surface area contributed by atoms with Crippen LogP contribution < -0.4 is 0 Å². The zero-order valence-corrected chi connectivity index (χ0v) is 10.5. The highest BCUT2D eigenvalue weighted by atomic mass is 19.1. The minimum atomic E-state index is -0.359. The van der Waals surface area contributed by atoms with E-state index in [9.17, 15) is 9.18 Å². The first-order valence-electron chi connectivity index (χ1n) is 6.18. The van der Waals surface area contributed by atoms with Gasteiger partial charge in [-0.15, -0.1) is 0 Å². The topological polar surface area (TPSA) is 30.2 Å². The Kier molecular flexibility index (Phi) is 3.17. The molecule has 0 aliphatic carbocycles. The summed E-state index contributed by atoms with van der Waals surface area (Å²) in [5.74, 6) is 0.0871. The van der Waals surface area contributed by atoms with Gasteiger partial charge in [0.2, 0.25) is 0 Å². The summed E-state index contributed by atoms with van der Waals surface area (Å²) in [5.41, 5.74) is 0.443. The van der Waals surface area contributed by atoms with E-state index < -0.39 is 0 Å². The molecule has 2 aromatic carbocycles. The first-order valence-corrected chi connectivity index (χ1v) is 6.18. The number of carbonyl (C=O) groups excluding carboxylic acids is 1. The molecule has 0 saturated carbocycles. The second-order valence-electron chi connectivity index (χ2n) is 4.39. The normalized spacial score (nSPS) is 11.2. The molecule has 0 fully saturated rings. The summed E-state index contributed by atoms with van der Waals surface area (Å²) in [6.07, 6.45) is 4.71. The third-order valence-electron chi connectivity index (χ3n) is 3.05. The Morgan fingerprint density at radius 1 is 1.05 bits per heavy atom.